The Morgan fingerprint density at radius 3 is 2.40 bits per heavy atom. The number of esters is 3. The molecule has 3 heterocycles. The Morgan fingerprint density at radius 1 is 0.879 bits per heavy atom. The lowest BCUT2D eigenvalue weighted by Crippen LogP contribution is -2.46. The Bertz CT molecular complexity index is 2680. The van der Waals surface area contributed by atoms with E-state index in [9.17, 15) is 28.8 Å². The van der Waals surface area contributed by atoms with Crippen LogP contribution in [-0.2, 0) is 25.6 Å². The van der Waals surface area contributed by atoms with Crippen molar-refractivity contribution in [2.45, 2.75) is 38.4 Å². The molecule has 1 saturated heterocycles. The summed E-state index contributed by atoms with van der Waals surface area (Å²) in [6.07, 6.45) is -1.35. The number of nitrogens with zero attached hydrogens (tertiary/aromatic N) is 3. The molecule has 4 aromatic carbocycles. The summed E-state index contributed by atoms with van der Waals surface area (Å²) in [5, 5.41) is 1.49. The Balaban J connectivity index is 1.13. The summed E-state index contributed by atoms with van der Waals surface area (Å²) in [5.41, 5.74) is -2.19. The van der Waals surface area contributed by atoms with E-state index in [1.165, 1.54) is 18.2 Å². The number of halogens is 2. The Labute approximate surface area is 332 Å². The first kappa shape index (κ1) is 39.4. The molecule has 0 bridgehead atoms. The van der Waals surface area contributed by atoms with Crippen LogP contribution >= 0.6 is 11.6 Å². The second-order valence-electron chi connectivity index (χ2n) is 13.0. The molecule has 1 aliphatic rings. The molecule has 1 fully saturated rings. The van der Waals surface area contributed by atoms with Gasteiger partial charge in [-0.1, -0.05) is 84.4 Å². The van der Waals surface area contributed by atoms with Gasteiger partial charge < -0.3 is 23.7 Å². The van der Waals surface area contributed by atoms with Gasteiger partial charge in [0.1, 0.15) is 24.0 Å². The highest BCUT2D eigenvalue weighted by atomic mass is 35.5. The van der Waals surface area contributed by atoms with Crippen molar-refractivity contribution in [1.29, 1.82) is 0 Å². The molecule has 0 unspecified atom stereocenters. The van der Waals surface area contributed by atoms with Crippen LogP contribution in [0, 0.1) is 5.82 Å². The van der Waals surface area contributed by atoms with Gasteiger partial charge in [-0.2, -0.15) is 8.96 Å². The Morgan fingerprint density at radius 2 is 1.60 bits per heavy atom. The SMILES string of the molecule is CC(=O)Oc1cc(OC(=O)c2cccc(C(=O)n3c(=O)c(F)cn([C@H]4C[C@H](OCc5ccccc5)[C@@H](COC(=O)c5cccc6ccccc56)O4)c3=O)c2)ncc1Cl. The van der Waals surface area contributed by atoms with Crippen molar-refractivity contribution >= 4 is 46.2 Å². The van der Waals surface area contributed by atoms with Crippen LogP contribution in [0.5, 0.6) is 11.6 Å². The van der Waals surface area contributed by atoms with Gasteiger partial charge in [-0.25, -0.2) is 19.4 Å². The van der Waals surface area contributed by atoms with E-state index < -0.39 is 59.3 Å². The monoisotopic (exact) mass is 807 g/mol. The van der Waals surface area contributed by atoms with E-state index in [0.29, 0.717) is 17.1 Å². The summed E-state index contributed by atoms with van der Waals surface area (Å²) in [4.78, 5) is 82.3. The Kier molecular flexibility index (Phi) is 11.6. The van der Waals surface area contributed by atoms with Crippen LogP contribution in [-0.4, -0.2) is 56.7 Å². The molecule has 0 aliphatic carbocycles. The molecule has 7 rings (SSSR count). The summed E-state index contributed by atoms with van der Waals surface area (Å²) in [6.45, 7) is 0.956. The second-order valence-corrected chi connectivity index (χ2v) is 13.4. The zero-order chi connectivity index (χ0) is 40.9. The molecule has 16 heteroatoms. The van der Waals surface area contributed by atoms with Crippen molar-refractivity contribution in [2.24, 2.45) is 0 Å². The summed E-state index contributed by atoms with van der Waals surface area (Å²) in [7, 11) is 0. The molecule has 2 aromatic heterocycles. The van der Waals surface area contributed by atoms with Crippen LogP contribution in [0.2, 0.25) is 5.02 Å². The normalized spacial score (nSPS) is 16.2. The minimum Gasteiger partial charge on any atom is -0.459 e. The number of hydrogen-bond donors (Lipinski definition) is 0. The van der Waals surface area contributed by atoms with Gasteiger partial charge in [-0.3, -0.25) is 19.0 Å². The molecule has 0 radical (unpaired) electrons. The first-order valence-corrected chi connectivity index (χ1v) is 18.0. The first-order valence-electron chi connectivity index (χ1n) is 17.7. The lowest BCUT2D eigenvalue weighted by atomic mass is 10.0. The second kappa shape index (κ2) is 17.1. The molecule has 0 N–H and O–H groups in total. The average Bonchev–Trinajstić information content (AvgIpc) is 3.64. The van der Waals surface area contributed by atoms with E-state index in [4.69, 9.17) is 35.3 Å². The molecule has 3 atom stereocenters. The zero-order valence-electron chi connectivity index (χ0n) is 30.4. The van der Waals surface area contributed by atoms with Crippen molar-refractivity contribution < 1.29 is 47.3 Å². The van der Waals surface area contributed by atoms with Crippen LogP contribution in [0.3, 0.4) is 0 Å². The van der Waals surface area contributed by atoms with E-state index in [1.807, 2.05) is 48.5 Å². The van der Waals surface area contributed by atoms with Crippen molar-refractivity contribution in [3.63, 3.8) is 0 Å². The van der Waals surface area contributed by atoms with Gasteiger partial charge in [-0.15, -0.1) is 0 Å². The highest BCUT2D eigenvalue weighted by Crippen LogP contribution is 2.32. The van der Waals surface area contributed by atoms with Crippen molar-refractivity contribution in [2.75, 3.05) is 6.61 Å². The summed E-state index contributed by atoms with van der Waals surface area (Å²) in [5.74, 6) is -5.45. The Hall–Kier alpha value is -6.81. The topological polar surface area (TPSA) is 171 Å². The maximum Gasteiger partial charge on any atom is 0.344 e. The van der Waals surface area contributed by atoms with Crippen molar-refractivity contribution in [3.8, 4) is 11.6 Å². The van der Waals surface area contributed by atoms with Crippen LogP contribution in [0.15, 0.2) is 125 Å². The molecule has 1 aliphatic heterocycles. The molecule has 6 aromatic rings. The fourth-order valence-electron chi connectivity index (χ4n) is 6.29. The maximum atomic E-state index is 15.3. The molecule has 294 valence electrons. The van der Waals surface area contributed by atoms with Gasteiger partial charge in [0, 0.05) is 25.0 Å². The van der Waals surface area contributed by atoms with Crippen LogP contribution in [0.25, 0.3) is 10.8 Å². The van der Waals surface area contributed by atoms with Gasteiger partial charge >= 0.3 is 23.6 Å². The molecule has 0 amide bonds. The number of carbonyl (C=O) groups is 4. The summed E-state index contributed by atoms with van der Waals surface area (Å²) < 4.78 is 44.4. The smallest absolute Gasteiger partial charge is 0.344 e. The van der Waals surface area contributed by atoms with E-state index in [2.05, 4.69) is 4.98 Å². The fourth-order valence-corrected chi connectivity index (χ4v) is 6.44. The molecule has 0 spiro atoms. The zero-order valence-corrected chi connectivity index (χ0v) is 31.2. The lowest BCUT2D eigenvalue weighted by Gasteiger charge is -2.19. The molecule has 58 heavy (non-hydrogen) atoms. The van der Waals surface area contributed by atoms with Gasteiger partial charge in [-0.05, 0) is 40.6 Å². The van der Waals surface area contributed by atoms with E-state index in [1.54, 1.807) is 24.3 Å². The van der Waals surface area contributed by atoms with Crippen LogP contribution in [0.1, 0.15) is 56.2 Å². The predicted molar refractivity (Wildman–Crippen MR) is 204 cm³/mol. The minimum absolute atomic E-state index is 0.0251. The van der Waals surface area contributed by atoms with Gasteiger partial charge in [0.2, 0.25) is 11.7 Å². The largest absolute Gasteiger partial charge is 0.459 e. The van der Waals surface area contributed by atoms with Gasteiger partial charge in [0.25, 0.3) is 11.5 Å². The molecular formula is C42H31ClFN3O11. The van der Waals surface area contributed by atoms with Crippen molar-refractivity contribution in [3.05, 3.63) is 169 Å². The van der Waals surface area contributed by atoms with Crippen molar-refractivity contribution in [1.82, 2.24) is 14.1 Å². The summed E-state index contributed by atoms with van der Waals surface area (Å²) in [6, 6.07) is 27.6. The van der Waals surface area contributed by atoms with Crippen LogP contribution < -0.4 is 20.7 Å². The van der Waals surface area contributed by atoms with E-state index >= 15 is 4.39 Å². The highest BCUT2D eigenvalue weighted by Gasteiger charge is 2.39. The van der Waals surface area contributed by atoms with Gasteiger partial charge in [0.05, 0.1) is 36.2 Å². The first-order chi connectivity index (χ1) is 28.0. The number of benzene rings is 4. The third kappa shape index (κ3) is 8.61. The quantitative estimate of drug-likeness (QED) is 0.142. The number of aromatic nitrogens is 3. The highest BCUT2D eigenvalue weighted by molar-refractivity contribution is 6.32. The minimum atomic E-state index is -1.54. The molecule has 0 saturated carbocycles. The fraction of sp³-hybridized carbons (Fsp3) is 0.167. The third-order valence-corrected chi connectivity index (χ3v) is 9.34. The molecule has 14 nitrogen and oxygen atoms in total. The number of hydrogen-bond acceptors (Lipinski definition) is 12. The predicted octanol–water partition coefficient (Wildman–Crippen LogP) is 5.91. The maximum absolute atomic E-state index is 15.3. The van der Waals surface area contributed by atoms with Crippen LogP contribution in [0.4, 0.5) is 4.39 Å². The third-order valence-electron chi connectivity index (χ3n) is 9.05. The number of pyridine rings is 1. The average molecular weight is 808 g/mol. The lowest BCUT2D eigenvalue weighted by molar-refractivity contribution is -0.131. The molecular weight excluding hydrogens is 777 g/mol. The number of rotatable bonds is 11. The summed E-state index contributed by atoms with van der Waals surface area (Å²) >= 11 is 5.98. The van der Waals surface area contributed by atoms with Gasteiger partial charge in [0.15, 0.2) is 5.75 Å². The van der Waals surface area contributed by atoms with E-state index in [-0.39, 0.29) is 52.0 Å². The van der Waals surface area contributed by atoms with E-state index in [0.717, 1.165) is 40.8 Å². The standard InChI is InChI=1S/C42H31ClFN3O11/c1-24(48)56-33-18-36(45-20-31(33)43)58-40(51)28-14-7-13-27(17-28)38(49)47-39(50)32(44)21-46(42(47)53)37-19-34(54-22-25-9-3-2-4-10-25)35(57-37)23-55-41(52)30-16-8-12-26-11-5-6-15-29(26)30/h2-18,20-21,34-35,37H,19,22-23H2,1H3/t34-,35+,37+/m0/s1. The number of fused-ring (bicyclic) bond motifs is 1. The number of ether oxygens (including phenoxy) is 5. The number of carbonyl (C=O) groups excluding carboxylic acids is 4.